The minimum absolute atomic E-state index is 0.0199. The monoisotopic (exact) mass is 611 g/mol. The second-order valence-corrected chi connectivity index (χ2v) is 12.6. The number of fused-ring (bicyclic) bond motifs is 1. The van der Waals surface area contributed by atoms with E-state index in [1.54, 1.807) is 11.1 Å². The van der Waals surface area contributed by atoms with Gasteiger partial charge in [0.05, 0.1) is 7.11 Å². The van der Waals surface area contributed by atoms with Crippen molar-refractivity contribution in [3.63, 3.8) is 0 Å². The van der Waals surface area contributed by atoms with Gasteiger partial charge in [0.15, 0.2) is 0 Å². The van der Waals surface area contributed by atoms with Gasteiger partial charge in [-0.25, -0.2) is 32.0 Å². The van der Waals surface area contributed by atoms with Crippen molar-refractivity contribution in [3.8, 4) is 17.0 Å². The highest BCUT2D eigenvalue weighted by Gasteiger charge is 2.27. The summed E-state index contributed by atoms with van der Waals surface area (Å²) in [5.41, 5.74) is 0.685. The van der Waals surface area contributed by atoms with E-state index in [4.69, 9.17) is 9.47 Å². The third-order valence-corrected chi connectivity index (χ3v) is 8.18. The maximum absolute atomic E-state index is 14.3. The summed E-state index contributed by atoms with van der Waals surface area (Å²) in [6.07, 6.45) is 2.92. The molecule has 0 aliphatic carbocycles. The Hall–Kier alpha value is -4.52. The van der Waals surface area contributed by atoms with Crippen molar-refractivity contribution in [2.45, 2.75) is 31.3 Å². The summed E-state index contributed by atoms with van der Waals surface area (Å²) < 4.78 is 66.7. The first-order chi connectivity index (χ1) is 20.3. The number of pyridine rings is 2. The first kappa shape index (κ1) is 30.0. The van der Waals surface area contributed by atoms with Crippen LogP contribution in [0.3, 0.4) is 0 Å². The minimum Gasteiger partial charge on any atom is -0.480 e. The highest BCUT2D eigenvalue weighted by Crippen LogP contribution is 2.34. The first-order valence-electron chi connectivity index (χ1n) is 13.5. The fourth-order valence-electron chi connectivity index (χ4n) is 4.75. The van der Waals surface area contributed by atoms with Gasteiger partial charge >= 0.3 is 6.09 Å². The smallest absolute Gasteiger partial charge is 0.410 e. The Morgan fingerprint density at radius 1 is 0.953 bits per heavy atom. The Balaban J connectivity index is 1.43. The molecule has 10 nitrogen and oxygen atoms in total. The van der Waals surface area contributed by atoms with Crippen LogP contribution in [0.25, 0.3) is 21.9 Å². The molecule has 0 unspecified atom stereocenters. The molecule has 43 heavy (non-hydrogen) atoms. The van der Waals surface area contributed by atoms with Crippen molar-refractivity contribution in [2.75, 3.05) is 42.9 Å². The van der Waals surface area contributed by atoms with E-state index in [1.807, 2.05) is 45.0 Å². The van der Waals surface area contributed by atoms with E-state index < -0.39 is 32.2 Å². The van der Waals surface area contributed by atoms with Crippen molar-refractivity contribution < 1.29 is 31.5 Å². The molecule has 1 fully saturated rings. The number of carbonyl (C=O) groups is 1. The molecule has 1 amide bonds. The second-order valence-electron chi connectivity index (χ2n) is 11.0. The molecule has 226 valence electrons. The third kappa shape index (κ3) is 6.61. The van der Waals surface area contributed by atoms with E-state index in [2.05, 4.69) is 19.6 Å². The second kappa shape index (κ2) is 11.6. The van der Waals surface area contributed by atoms with Crippen molar-refractivity contribution in [3.05, 3.63) is 72.6 Å². The number of aromatic nitrogens is 2. The van der Waals surface area contributed by atoms with E-state index in [1.165, 1.54) is 19.4 Å². The molecular formula is C30H31F2N5O5S. The van der Waals surface area contributed by atoms with Crippen molar-refractivity contribution >= 4 is 38.4 Å². The van der Waals surface area contributed by atoms with Gasteiger partial charge in [0.2, 0.25) is 5.88 Å². The standard InChI is InChI=1S/C30H31F2N5O5S/c1-30(2,3)42-29(38)37-13-11-36(12-14-37)27-23-15-20(6-5-19(23)9-10-33-27)21-16-25(28(41-4)34-18-21)35-43(39,40)26-8-7-22(31)17-24(26)32/h5-10,15-18,35H,11-14H2,1-4H3. The van der Waals surface area contributed by atoms with E-state index in [0.717, 1.165) is 34.3 Å². The van der Waals surface area contributed by atoms with Gasteiger partial charge in [-0.3, -0.25) is 4.72 Å². The summed E-state index contributed by atoms with van der Waals surface area (Å²) in [6.45, 7) is 7.58. The van der Waals surface area contributed by atoms with Gasteiger partial charge in [-0.15, -0.1) is 0 Å². The average molecular weight is 612 g/mol. The molecule has 0 radical (unpaired) electrons. The number of ether oxygens (including phenoxy) is 2. The van der Waals surface area contributed by atoms with Crippen LogP contribution in [0.2, 0.25) is 0 Å². The summed E-state index contributed by atoms with van der Waals surface area (Å²) in [5.74, 6) is -1.40. The highest BCUT2D eigenvalue weighted by atomic mass is 32.2. The fraction of sp³-hybridized carbons (Fsp3) is 0.300. The number of piperazine rings is 1. The Morgan fingerprint density at radius 2 is 1.70 bits per heavy atom. The lowest BCUT2D eigenvalue weighted by atomic mass is 10.0. The van der Waals surface area contributed by atoms with Gasteiger partial charge in [0.25, 0.3) is 10.0 Å². The molecule has 5 rings (SSSR count). The molecule has 1 N–H and O–H groups in total. The molecular weight excluding hydrogens is 580 g/mol. The number of halogens is 2. The molecule has 0 bridgehead atoms. The summed E-state index contributed by atoms with van der Waals surface area (Å²) >= 11 is 0. The summed E-state index contributed by atoms with van der Waals surface area (Å²) in [7, 11) is -3.11. The Bertz CT molecular complexity index is 1790. The number of rotatable bonds is 6. The van der Waals surface area contributed by atoms with Crippen LogP contribution >= 0.6 is 0 Å². The number of nitrogens with one attached hydrogen (secondary N) is 1. The summed E-state index contributed by atoms with van der Waals surface area (Å²) in [6, 6.07) is 11.4. The van der Waals surface area contributed by atoms with Crippen LogP contribution in [0.5, 0.6) is 5.88 Å². The lowest BCUT2D eigenvalue weighted by Crippen LogP contribution is -2.50. The molecule has 2 aromatic heterocycles. The average Bonchev–Trinajstić information content (AvgIpc) is 2.95. The lowest BCUT2D eigenvalue weighted by molar-refractivity contribution is 0.0240. The van der Waals surface area contributed by atoms with Gasteiger partial charge in [0, 0.05) is 55.6 Å². The van der Waals surface area contributed by atoms with Crippen LogP contribution in [0, 0.1) is 11.6 Å². The molecule has 0 atom stereocenters. The predicted octanol–water partition coefficient (Wildman–Crippen LogP) is 5.44. The molecule has 4 aromatic rings. The minimum atomic E-state index is -4.43. The Morgan fingerprint density at radius 3 is 2.37 bits per heavy atom. The molecule has 1 aliphatic heterocycles. The lowest BCUT2D eigenvalue weighted by Gasteiger charge is -2.36. The Kier molecular flexibility index (Phi) is 8.10. The number of sulfonamides is 1. The molecule has 0 spiro atoms. The number of amides is 1. The van der Waals surface area contributed by atoms with E-state index in [-0.39, 0.29) is 17.7 Å². The van der Waals surface area contributed by atoms with Gasteiger partial charge < -0.3 is 19.3 Å². The zero-order valence-corrected chi connectivity index (χ0v) is 24.9. The number of benzene rings is 2. The first-order valence-corrected chi connectivity index (χ1v) is 15.0. The topological polar surface area (TPSA) is 114 Å². The zero-order chi connectivity index (χ0) is 30.9. The number of methoxy groups -OCH3 is 1. The van der Waals surface area contributed by atoms with Gasteiger partial charge in [-0.2, -0.15) is 0 Å². The number of nitrogens with zero attached hydrogens (tertiary/aromatic N) is 4. The third-order valence-electron chi connectivity index (χ3n) is 6.78. The van der Waals surface area contributed by atoms with Gasteiger partial charge in [-0.05, 0) is 62.1 Å². The van der Waals surface area contributed by atoms with E-state index in [0.29, 0.717) is 37.8 Å². The zero-order valence-electron chi connectivity index (χ0n) is 24.1. The van der Waals surface area contributed by atoms with E-state index >= 15 is 0 Å². The van der Waals surface area contributed by atoms with Crippen LogP contribution < -0.4 is 14.4 Å². The molecule has 0 saturated carbocycles. The molecule has 13 heteroatoms. The molecule has 1 aliphatic rings. The summed E-state index contributed by atoms with van der Waals surface area (Å²) in [4.78, 5) is 24.5. The number of hydrogen-bond donors (Lipinski definition) is 1. The van der Waals surface area contributed by atoms with Gasteiger partial charge in [-0.1, -0.05) is 12.1 Å². The maximum atomic E-state index is 14.3. The SMILES string of the molecule is COc1ncc(-c2ccc3ccnc(N4CCN(C(=O)OC(C)(C)C)CC4)c3c2)cc1NS(=O)(=O)c1ccc(F)cc1F. The predicted molar refractivity (Wildman–Crippen MR) is 159 cm³/mol. The number of carbonyl (C=O) groups excluding carboxylic acids is 1. The van der Waals surface area contributed by atoms with Crippen molar-refractivity contribution in [1.29, 1.82) is 0 Å². The van der Waals surface area contributed by atoms with Crippen molar-refractivity contribution in [2.24, 2.45) is 0 Å². The van der Waals surface area contributed by atoms with Crippen LogP contribution in [-0.2, 0) is 14.8 Å². The highest BCUT2D eigenvalue weighted by molar-refractivity contribution is 7.92. The Labute approximate surface area is 248 Å². The van der Waals surface area contributed by atoms with Gasteiger partial charge in [0.1, 0.15) is 33.6 Å². The largest absolute Gasteiger partial charge is 0.480 e. The van der Waals surface area contributed by atoms with Crippen molar-refractivity contribution in [1.82, 2.24) is 14.9 Å². The van der Waals surface area contributed by atoms with Crippen LogP contribution in [0.1, 0.15) is 20.8 Å². The number of hydrogen-bond acceptors (Lipinski definition) is 8. The molecule has 2 aromatic carbocycles. The quantitative estimate of drug-likeness (QED) is 0.307. The fourth-order valence-corrected chi connectivity index (χ4v) is 5.86. The normalized spacial score (nSPS) is 14.1. The van der Waals surface area contributed by atoms with Crippen LogP contribution in [-0.4, -0.2) is 68.3 Å². The van der Waals surface area contributed by atoms with E-state index in [9.17, 15) is 22.0 Å². The molecule has 1 saturated heterocycles. The van der Waals surface area contributed by atoms with Crippen LogP contribution in [0.4, 0.5) is 25.1 Å². The summed E-state index contributed by atoms with van der Waals surface area (Å²) in [5, 5.41) is 1.80. The van der Waals surface area contributed by atoms with Crippen LogP contribution in [0.15, 0.2) is 65.8 Å². The maximum Gasteiger partial charge on any atom is 0.410 e. The number of anilines is 2. The molecule has 3 heterocycles.